The third-order valence-electron chi connectivity index (χ3n) is 1.58. The minimum absolute atomic E-state index is 0.518. The van der Waals surface area contributed by atoms with Crippen molar-refractivity contribution >= 4 is 39.1 Å². The number of halogens is 1. The van der Waals surface area contributed by atoms with Crippen molar-refractivity contribution in [3.8, 4) is 0 Å². The highest BCUT2D eigenvalue weighted by molar-refractivity contribution is 9.10. The van der Waals surface area contributed by atoms with Crippen LogP contribution < -0.4 is 0 Å². The van der Waals surface area contributed by atoms with Crippen molar-refractivity contribution in [1.82, 2.24) is 9.97 Å². The Bertz CT molecular complexity index is 478. The SMILES string of the molecule is S=c1ncc2cc(Br)ccc2[nH]1. The lowest BCUT2D eigenvalue weighted by Gasteiger charge is -1.96. The lowest BCUT2D eigenvalue weighted by Crippen LogP contribution is -1.82. The van der Waals surface area contributed by atoms with Crippen LogP contribution in [0.15, 0.2) is 28.9 Å². The highest BCUT2D eigenvalue weighted by atomic mass is 79.9. The number of H-pyrrole nitrogens is 1. The Morgan fingerprint density at radius 2 is 2.25 bits per heavy atom. The number of rotatable bonds is 0. The van der Waals surface area contributed by atoms with Crippen molar-refractivity contribution in [3.05, 3.63) is 33.6 Å². The number of nitrogens with one attached hydrogen (secondary N) is 1. The molecule has 0 aliphatic heterocycles. The summed E-state index contributed by atoms with van der Waals surface area (Å²) in [7, 11) is 0. The Hall–Kier alpha value is -0.740. The molecule has 0 saturated carbocycles. The van der Waals surface area contributed by atoms with E-state index in [1.165, 1.54) is 0 Å². The molecule has 2 rings (SSSR count). The van der Waals surface area contributed by atoms with Gasteiger partial charge in [0, 0.05) is 21.6 Å². The van der Waals surface area contributed by atoms with Crippen molar-refractivity contribution in [2.45, 2.75) is 0 Å². The third kappa shape index (κ3) is 1.40. The van der Waals surface area contributed by atoms with Crippen LogP contribution in [0.2, 0.25) is 0 Å². The van der Waals surface area contributed by atoms with Crippen LogP contribution in [0.4, 0.5) is 0 Å². The first-order chi connectivity index (χ1) is 5.75. The molecule has 0 unspecified atom stereocenters. The minimum atomic E-state index is 0.518. The van der Waals surface area contributed by atoms with Gasteiger partial charge in [-0.1, -0.05) is 15.9 Å². The Morgan fingerprint density at radius 1 is 1.42 bits per heavy atom. The number of fused-ring (bicyclic) bond motifs is 1. The van der Waals surface area contributed by atoms with Crippen LogP contribution in [-0.4, -0.2) is 9.97 Å². The number of benzene rings is 1. The molecular weight excluding hydrogens is 236 g/mol. The minimum Gasteiger partial charge on any atom is -0.330 e. The maximum absolute atomic E-state index is 4.89. The molecule has 4 heteroatoms. The van der Waals surface area contributed by atoms with E-state index in [1.54, 1.807) is 6.20 Å². The van der Waals surface area contributed by atoms with E-state index in [9.17, 15) is 0 Å². The molecule has 60 valence electrons. The summed E-state index contributed by atoms with van der Waals surface area (Å²) >= 11 is 8.28. The number of hydrogen-bond acceptors (Lipinski definition) is 2. The van der Waals surface area contributed by atoms with E-state index in [1.807, 2.05) is 18.2 Å². The van der Waals surface area contributed by atoms with Gasteiger partial charge < -0.3 is 4.98 Å². The van der Waals surface area contributed by atoms with Crippen LogP contribution in [0.3, 0.4) is 0 Å². The predicted octanol–water partition coefficient (Wildman–Crippen LogP) is 3.05. The molecule has 0 saturated heterocycles. The van der Waals surface area contributed by atoms with Gasteiger partial charge in [0.25, 0.3) is 0 Å². The molecule has 0 bridgehead atoms. The maximum Gasteiger partial charge on any atom is 0.197 e. The summed E-state index contributed by atoms with van der Waals surface area (Å²) in [5.74, 6) is 0. The molecule has 0 aliphatic rings. The fraction of sp³-hybridized carbons (Fsp3) is 0. The van der Waals surface area contributed by atoms with Gasteiger partial charge >= 0.3 is 0 Å². The molecule has 2 aromatic rings. The van der Waals surface area contributed by atoms with Gasteiger partial charge in [-0.05, 0) is 30.4 Å². The highest BCUT2D eigenvalue weighted by Gasteiger charge is 1.93. The molecule has 1 aromatic heterocycles. The molecule has 0 atom stereocenters. The lowest BCUT2D eigenvalue weighted by atomic mass is 10.2. The third-order valence-corrected chi connectivity index (χ3v) is 2.28. The second-order valence-corrected chi connectivity index (χ2v) is 3.72. The van der Waals surface area contributed by atoms with Gasteiger partial charge in [0.05, 0.1) is 0 Å². The van der Waals surface area contributed by atoms with E-state index in [2.05, 4.69) is 25.9 Å². The number of aromatic nitrogens is 2. The van der Waals surface area contributed by atoms with E-state index in [0.29, 0.717) is 4.77 Å². The van der Waals surface area contributed by atoms with Crippen molar-refractivity contribution in [1.29, 1.82) is 0 Å². The number of nitrogens with zero attached hydrogens (tertiary/aromatic N) is 1. The van der Waals surface area contributed by atoms with E-state index in [4.69, 9.17) is 12.2 Å². The molecular formula is C8H5BrN2S. The van der Waals surface area contributed by atoms with Crippen LogP contribution in [0.25, 0.3) is 10.9 Å². The summed E-state index contributed by atoms with van der Waals surface area (Å²) in [6.45, 7) is 0. The maximum atomic E-state index is 4.89. The van der Waals surface area contributed by atoms with Gasteiger partial charge in [-0.15, -0.1) is 0 Å². The molecule has 1 heterocycles. The zero-order chi connectivity index (χ0) is 8.55. The van der Waals surface area contributed by atoms with Crippen molar-refractivity contribution in [3.63, 3.8) is 0 Å². The zero-order valence-corrected chi connectivity index (χ0v) is 8.45. The Labute approximate surface area is 82.8 Å². The average Bonchev–Trinajstić information content (AvgIpc) is 2.05. The van der Waals surface area contributed by atoms with Gasteiger partial charge in [0.15, 0.2) is 4.77 Å². The Kier molecular flexibility index (Phi) is 1.94. The van der Waals surface area contributed by atoms with Crippen LogP contribution in [0.5, 0.6) is 0 Å². The zero-order valence-electron chi connectivity index (χ0n) is 6.04. The van der Waals surface area contributed by atoms with Gasteiger partial charge in [-0.2, -0.15) is 0 Å². The van der Waals surface area contributed by atoms with Crippen LogP contribution in [0, 0.1) is 4.77 Å². The van der Waals surface area contributed by atoms with Crippen LogP contribution in [0.1, 0.15) is 0 Å². The van der Waals surface area contributed by atoms with Gasteiger partial charge in [0.1, 0.15) is 0 Å². The normalized spacial score (nSPS) is 10.4. The second-order valence-electron chi connectivity index (χ2n) is 2.42. The van der Waals surface area contributed by atoms with E-state index < -0.39 is 0 Å². The second kappa shape index (κ2) is 2.95. The van der Waals surface area contributed by atoms with Gasteiger partial charge in [-0.25, -0.2) is 4.98 Å². The Balaban J connectivity index is 2.87. The summed E-state index contributed by atoms with van der Waals surface area (Å²) < 4.78 is 1.56. The fourth-order valence-corrected chi connectivity index (χ4v) is 1.57. The molecule has 1 N–H and O–H groups in total. The molecule has 0 fully saturated rings. The quantitative estimate of drug-likeness (QED) is 0.718. The average molecular weight is 241 g/mol. The Morgan fingerprint density at radius 3 is 3.08 bits per heavy atom. The van der Waals surface area contributed by atoms with Gasteiger partial charge in [0.2, 0.25) is 0 Å². The van der Waals surface area contributed by atoms with Crippen molar-refractivity contribution in [2.75, 3.05) is 0 Å². The van der Waals surface area contributed by atoms with Crippen LogP contribution >= 0.6 is 28.1 Å². The standard InChI is InChI=1S/C8H5BrN2S/c9-6-1-2-7-5(3-6)4-10-8(12)11-7/h1-4H,(H,10,11,12). The summed E-state index contributed by atoms with van der Waals surface area (Å²) in [5.41, 5.74) is 1.01. The first-order valence-electron chi connectivity index (χ1n) is 3.40. The van der Waals surface area contributed by atoms with Crippen LogP contribution in [-0.2, 0) is 0 Å². The molecule has 1 aromatic carbocycles. The smallest absolute Gasteiger partial charge is 0.197 e. The number of hydrogen-bond donors (Lipinski definition) is 1. The van der Waals surface area contributed by atoms with E-state index in [0.717, 1.165) is 15.4 Å². The lowest BCUT2D eigenvalue weighted by molar-refractivity contribution is 1.18. The van der Waals surface area contributed by atoms with Crippen molar-refractivity contribution < 1.29 is 0 Å². The fourth-order valence-electron chi connectivity index (χ4n) is 1.03. The van der Waals surface area contributed by atoms with Crippen molar-refractivity contribution in [2.24, 2.45) is 0 Å². The summed E-state index contributed by atoms with van der Waals surface area (Å²) in [6, 6.07) is 5.93. The topological polar surface area (TPSA) is 28.7 Å². The first-order valence-corrected chi connectivity index (χ1v) is 4.60. The summed E-state index contributed by atoms with van der Waals surface area (Å²) in [6.07, 6.45) is 1.76. The molecule has 0 amide bonds. The molecule has 0 radical (unpaired) electrons. The van der Waals surface area contributed by atoms with E-state index >= 15 is 0 Å². The molecule has 0 spiro atoms. The van der Waals surface area contributed by atoms with E-state index in [-0.39, 0.29) is 0 Å². The largest absolute Gasteiger partial charge is 0.330 e. The first kappa shape index (κ1) is 7.89. The highest BCUT2D eigenvalue weighted by Crippen LogP contribution is 2.16. The monoisotopic (exact) mass is 240 g/mol. The molecule has 2 nitrogen and oxygen atoms in total. The summed E-state index contributed by atoms with van der Waals surface area (Å²) in [4.78, 5) is 6.99. The summed E-state index contributed by atoms with van der Waals surface area (Å²) in [5, 5.41) is 1.05. The predicted molar refractivity (Wildman–Crippen MR) is 54.6 cm³/mol. The molecule has 12 heavy (non-hydrogen) atoms. The number of aromatic amines is 1. The molecule has 0 aliphatic carbocycles. The van der Waals surface area contributed by atoms with Gasteiger partial charge in [-0.3, -0.25) is 0 Å².